The Hall–Kier alpha value is -2.18. The molecule has 3 rings (SSSR count). The topological polar surface area (TPSA) is 66.5 Å². The Morgan fingerprint density at radius 2 is 1.69 bits per heavy atom. The van der Waals surface area contributed by atoms with E-state index in [1.54, 1.807) is 30.3 Å². The zero-order chi connectivity index (χ0) is 21.1. The number of hydrogen-bond acceptors (Lipinski definition) is 3. The molecule has 1 amide bonds. The van der Waals surface area contributed by atoms with Crippen LogP contribution in [0.5, 0.6) is 0 Å². The second-order valence-corrected chi connectivity index (χ2v) is 10.3. The average Bonchev–Trinajstić information content (AvgIpc) is 3.20. The van der Waals surface area contributed by atoms with Gasteiger partial charge in [-0.25, -0.2) is 8.42 Å². The summed E-state index contributed by atoms with van der Waals surface area (Å²) < 4.78 is 27.3. The summed E-state index contributed by atoms with van der Waals surface area (Å²) >= 11 is 0. The smallest absolute Gasteiger partial charge is 0.243 e. The lowest BCUT2D eigenvalue weighted by Gasteiger charge is -2.30. The summed E-state index contributed by atoms with van der Waals surface area (Å²) in [5, 5.41) is 3.06. The van der Waals surface area contributed by atoms with Crippen LogP contribution in [0.1, 0.15) is 45.6 Å². The first kappa shape index (κ1) is 21.5. The summed E-state index contributed by atoms with van der Waals surface area (Å²) in [6, 6.07) is 17.8. The maximum Gasteiger partial charge on any atom is 0.243 e. The quantitative estimate of drug-likeness (QED) is 0.751. The van der Waals surface area contributed by atoms with Gasteiger partial charge in [0, 0.05) is 12.6 Å². The lowest BCUT2D eigenvalue weighted by molar-refractivity contribution is -0.124. The van der Waals surface area contributed by atoms with Crippen molar-refractivity contribution in [3.05, 3.63) is 66.2 Å². The number of hydrogen-bond donors (Lipinski definition) is 1. The van der Waals surface area contributed by atoms with Crippen molar-refractivity contribution in [2.45, 2.75) is 62.4 Å². The van der Waals surface area contributed by atoms with Gasteiger partial charge in [0.05, 0.1) is 4.90 Å². The van der Waals surface area contributed by atoms with Gasteiger partial charge in [-0.2, -0.15) is 4.31 Å². The minimum Gasteiger partial charge on any atom is -0.352 e. The van der Waals surface area contributed by atoms with E-state index in [-0.39, 0.29) is 22.3 Å². The number of amides is 1. The molecule has 5 nitrogen and oxygen atoms in total. The molecule has 0 aromatic heterocycles. The monoisotopic (exact) mass is 414 g/mol. The molecular weight excluding hydrogens is 384 g/mol. The van der Waals surface area contributed by atoms with Gasteiger partial charge in [0.15, 0.2) is 0 Å². The molecule has 2 aromatic carbocycles. The summed E-state index contributed by atoms with van der Waals surface area (Å²) in [6.45, 7) is 6.67. The van der Waals surface area contributed by atoms with Crippen molar-refractivity contribution >= 4 is 15.9 Å². The minimum atomic E-state index is -3.67. The van der Waals surface area contributed by atoms with Crippen LogP contribution in [-0.4, -0.2) is 37.3 Å². The maximum absolute atomic E-state index is 13.0. The number of sulfonamides is 1. The molecule has 2 unspecified atom stereocenters. The summed E-state index contributed by atoms with van der Waals surface area (Å²) in [4.78, 5) is 13.2. The Balaban J connectivity index is 1.68. The van der Waals surface area contributed by atoms with Gasteiger partial charge in [0.1, 0.15) is 6.04 Å². The molecule has 0 saturated carbocycles. The number of rotatable bonds is 7. The predicted molar refractivity (Wildman–Crippen MR) is 115 cm³/mol. The first-order valence-electron chi connectivity index (χ1n) is 10.1. The van der Waals surface area contributed by atoms with Crippen molar-refractivity contribution in [2.75, 3.05) is 6.54 Å². The van der Waals surface area contributed by atoms with E-state index in [2.05, 4.69) is 31.3 Å². The van der Waals surface area contributed by atoms with Crippen molar-refractivity contribution in [3.8, 4) is 0 Å². The Bertz CT molecular complexity index is 927. The Kier molecular flexibility index (Phi) is 6.44. The van der Waals surface area contributed by atoms with E-state index in [9.17, 15) is 13.2 Å². The number of carbonyl (C=O) groups excluding carboxylic acids is 1. The van der Waals surface area contributed by atoms with Crippen LogP contribution in [0.25, 0.3) is 0 Å². The number of benzene rings is 2. The Morgan fingerprint density at radius 1 is 1.10 bits per heavy atom. The van der Waals surface area contributed by atoms with Crippen molar-refractivity contribution < 1.29 is 13.2 Å². The first-order chi connectivity index (χ1) is 13.7. The van der Waals surface area contributed by atoms with Gasteiger partial charge in [-0.3, -0.25) is 4.79 Å². The van der Waals surface area contributed by atoms with E-state index in [1.807, 2.05) is 25.1 Å². The molecule has 29 heavy (non-hydrogen) atoms. The van der Waals surface area contributed by atoms with E-state index in [1.165, 1.54) is 9.87 Å². The molecule has 1 aliphatic rings. The SMILES string of the molecule is CC(CC(C)(C)c1ccccc1)NC(=O)C1CCCN1S(=O)(=O)c1ccccc1. The largest absolute Gasteiger partial charge is 0.352 e. The maximum atomic E-state index is 13.0. The normalized spacial score (nSPS) is 19.1. The van der Waals surface area contributed by atoms with Crippen LogP contribution >= 0.6 is 0 Å². The summed E-state index contributed by atoms with van der Waals surface area (Å²) in [6.07, 6.45) is 2.00. The molecule has 1 aliphatic heterocycles. The molecule has 0 bridgehead atoms. The van der Waals surface area contributed by atoms with Crippen molar-refractivity contribution in [3.63, 3.8) is 0 Å². The standard InChI is InChI=1S/C23H30N2O3S/c1-18(17-23(2,3)19-11-6-4-7-12-19)24-22(26)21-15-10-16-25(21)29(27,28)20-13-8-5-9-14-20/h4-9,11-14,18,21H,10,15-17H2,1-3H3,(H,24,26). The van der Waals surface area contributed by atoms with E-state index in [4.69, 9.17) is 0 Å². The zero-order valence-electron chi connectivity index (χ0n) is 17.3. The highest BCUT2D eigenvalue weighted by Gasteiger charge is 2.39. The number of carbonyl (C=O) groups is 1. The third kappa shape index (κ3) is 4.87. The molecule has 0 aliphatic carbocycles. The summed E-state index contributed by atoms with van der Waals surface area (Å²) in [5.41, 5.74) is 1.12. The fourth-order valence-electron chi connectivity index (χ4n) is 4.18. The molecule has 1 N–H and O–H groups in total. The van der Waals surface area contributed by atoms with Crippen LogP contribution in [-0.2, 0) is 20.2 Å². The minimum absolute atomic E-state index is 0.0698. The van der Waals surface area contributed by atoms with Crippen molar-refractivity contribution in [1.82, 2.24) is 9.62 Å². The third-order valence-electron chi connectivity index (χ3n) is 5.62. The molecule has 156 valence electrons. The van der Waals surface area contributed by atoms with Gasteiger partial charge in [0.2, 0.25) is 15.9 Å². The van der Waals surface area contributed by atoms with Crippen molar-refractivity contribution in [2.24, 2.45) is 0 Å². The fraction of sp³-hybridized carbons (Fsp3) is 0.435. The highest BCUT2D eigenvalue weighted by atomic mass is 32.2. The van der Waals surface area contributed by atoms with Gasteiger partial charge >= 0.3 is 0 Å². The van der Waals surface area contributed by atoms with Crippen LogP contribution in [0, 0.1) is 0 Å². The van der Waals surface area contributed by atoms with Crippen LogP contribution in [0.4, 0.5) is 0 Å². The Labute approximate surface area is 174 Å². The zero-order valence-corrected chi connectivity index (χ0v) is 18.2. The second kappa shape index (κ2) is 8.67. The van der Waals surface area contributed by atoms with Gasteiger partial charge in [-0.1, -0.05) is 62.4 Å². The van der Waals surface area contributed by atoms with E-state index in [0.717, 1.165) is 6.42 Å². The lowest BCUT2D eigenvalue weighted by atomic mass is 9.79. The first-order valence-corrected chi connectivity index (χ1v) is 11.6. The molecule has 1 saturated heterocycles. The van der Waals surface area contributed by atoms with Gasteiger partial charge < -0.3 is 5.32 Å². The third-order valence-corrected chi connectivity index (χ3v) is 7.54. The van der Waals surface area contributed by atoms with Gasteiger partial charge in [-0.05, 0) is 49.3 Å². The van der Waals surface area contributed by atoms with Crippen LogP contribution in [0.3, 0.4) is 0 Å². The summed E-state index contributed by atoms with van der Waals surface area (Å²) in [5.74, 6) is -0.210. The Morgan fingerprint density at radius 3 is 2.31 bits per heavy atom. The van der Waals surface area contributed by atoms with E-state index in [0.29, 0.717) is 19.4 Å². The second-order valence-electron chi connectivity index (χ2n) is 8.45. The molecule has 1 heterocycles. The molecule has 2 atom stereocenters. The van der Waals surface area contributed by atoms with Crippen molar-refractivity contribution in [1.29, 1.82) is 0 Å². The molecule has 1 fully saturated rings. The van der Waals surface area contributed by atoms with Crippen LogP contribution < -0.4 is 5.32 Å². The molecule has 0 radical (unpaired) electrons. The van der Waals surface area contributed by atoms with Gasteiger partial charge in [-0.15, -0.1) is 0 Å². The highest BCUT2D eigenvalue weighted by molar-refractivity contribution is 7.89. The lowest BCUT2D eigenvalue weighted by Crippen LogP contribution is -2.49. The number of nitrogens with one attached hydrogen (secondary N) is 1. The number of nitrogens with zero attached hydrogens (tertiary/aromatic N) is 1. The molecular formula is C23H30N2O3S. The molecule has 0 spiro atoms. The van der Waals surface area contributed by atoms with E-state index >= 15 is 0 Å². The van der Waals surface area contributed by atoms with Crippen LogP contribution in [0.15, 0.2) is 65.6 Å². The fourth-order valence-corrected chi connectivity index (χ4v) is 5.86. The highest BCUT2D eigenvalue weighted by Crippen LogP contribution is 2.29. The molecule has 6 heteroatoms. The molecule has 2 aromatic rings. The summed E-state index contributed by atoms with van der Waals surface area (Å²) in [7, 11) is -3.67. The predicted octanol–water partition coefficient (Wildman–Crippen LogP) is 3.71. The average molecular weight is 415 g/mol. The van der Waals surface area contributed by atoms with E-state index < -0.39 is 16.1 Å². The van der Waals surface area contributed by atoms with Crippen LogP contribution in [0.2, 0.25) is 0 Å². The van der Waals surface area contributed by atoms with Gasteiger partial charge in [0.25, 0.3) is 0 Å².